The molecule has 3 unspecified atom stereocenters. The van der Waals surface area contributed by atoms with Crippen LogP contribution in [0.15, 0.2) is 60.2 Å². The lowest BCUT2D eigenvalue weighted by Crippen LogP contribution is -2.45. The Labute approximate surface area is 277 Å². The van der Waals surface area contributed by atoms with E-state index in [2.05, 4.69) is 136 Å². The first-order valence-electron chi connectivity index (χ1n) is 17.9. The highest BCUT2D eigenvalue weighted by molar-refractivity contribution is 5.62. The van der Waals surface area contributed by atoms with Crippen LogP contribution >= 0.6 is 0 Å². The molecule has 0 heterocycles. The Hall–Kier alpha value is -2.32. The minimum atomic E-state index is 0.00928. The van der Waals surface area contributed by atoms with Gasteiger partial charge in [0.05, 0.1) is 0 Å². The van der Waals surface area contributed by atoms with E-state index in [1.807, 2.05) is 55.4 Å². The molecule has 1 aliphatic rings. The summed E-state index contributed by atoms with van der Waals surface area (Å²) in [5, 5.41) is 3.55. The van der Waals surface area contributed by atoms with E-state index in [4.69, 9.17) is 5.73 Å². The Bertz CT molecular complexity index is 1010. The van der Waals surface area contributed by atoms with Crippen molar-refractivity contribution in [3.05, 3.63) is 88.0 Å². The number of rotatable bonds is 7. The van der Waals surface area contributed by atoms with E-state index in [-0.39, 0.29) is 5.54 Å². The van der Waals surface area contributed by atoms with Crippen LogP contribution < -0.4 is 11.1 Å². The van der Waals surface area contributed by atoms with Crippen molar-refractivity contribution < 1.29 is 0 Å². The first-order valence-corrected chi connectivity index (χ1v) is 17.9. The molecular weight excluding hydrogens is 532 g/mol. The maximum atomic E-state index is 6.36. The average Bonchev–Trinajstić information content (AvgIpc) is 3.05. The quantitative estimate of drug-likeness (QED) is 0.307. The zero-order valence-electron chi connectivity index (χ0n) is 32.9. The zero-order valence-corrected chi connectivity index (χ0v) is 32.9. The van der Waals surface area contributed by atoms with Crippen molar-refractivity contribution in [3.63, 3.8) is 0 Å². The van der Waals surface area contributed by atoms with E-state index in [1.54, 1.807) is 0 Å². The molecule has 0 saturated carbocycles. The summed E-state index contributed by atoms with van der Waals surface area (Å²) in [5.74, 6) is 2.68. The minimum absolute atomic E-state index is 0.00928. The minimum Gasteiger partial charge on any atom is -0.398 e. The predicted molar refractivity (Wildman–Crippen MR) is 206 cm³/mol. The second-order valence-corrected chi connectivity index (χ2v) is 11.8. The smallest absolute Gasteiger partial charge is 0.0435 e. The Morgan fingerprint density at radius 3 is 1.59 bits per heavy atom. The van der Waals surface area contributed by atoms with Crippen LogP contribution in [0.2, 0.25) is 0 Å². The first kappa shape index (κ1) is 46.1. The summed E-state index contributed by atoms with van der Waals surface area (Å²) < 4.78 is 0. The predicted octanol–water partition coefficient (Wildman–Crippen LogP) is 13.3. The molecule has 0 spiro atoms. The fourth-order valence-corrected chi connectivity index (χ4v) is 5.65. The molecule has 0 fully saturated rings. The number of benzene rings is 2. The topological polar surface area (TPSA) is 38.0 Å². The van der Waals surface area contributed by atoms with Crippen LogP contribution in [-0.2, 0) is 5.54 Å². The highest BCUT2D eigenvalue weighted by atomic mass is 14.9. The molecule has 0 radical (unpaired) electrons. The van der Waals surface area contributed by atoms with Gasteiger partial charge in [0.2, 0.25) is 0 Å². The molecule has 2 aromatic rings. The van der Waals surface area contributed by atoms with Crippen molar-refractivity contribution in [1.29, 1.82) is 0 Å². The summed E-state index contributed by atoms with van der Waals surface area (Å²) in [7, 11) is 2.07. The normalized spacial score (nSPS) is 15.3. The number of hydrogen-bond donors (Lipinski definition) is 2. The number of anilines is 1. The molecule has 0 bridgehead atoms. The van der Waals surface area contributed by atoms with Crippen LogP contribution in [0.5, 0.6) is 0 Å². The van der Waals surface area contributed by atoms with Crippen LogP contribution in [0.25, 0.3) is 0 Å². The molecule has 0 aromatic heterocycles. The summed E-state index contributed by atoms with van der Waals surface area (Å²) in [6.45, 7) is 38.5. The standard InChI is InChI=1S/C18H25N.C16H27N.4C2H6/c1-14-10-12-16(13-11-14)15(2)18(3,19-4)17-8-6-5-7-9-17;1-9(2)13-8-14(10(3)4)16(17)15(11(5)6)12(13)7;4*1-2/h5-12,15-16,19H,13H2,1-4H3;8-11H,17H2,1-7H3;4*1-2H3. The summed E-state index contributed by atoms with van der Waals surface area (Å²) in [5.41, 5.74) is 15.6. The number of hydrogen-bond acceptors (Lipinski definition) is 2. The maximum absolute atomic E-state index is 6.36. The number of nitrogen functional groups attached to an aromatic ring is 1. The van der Waals surface area contributed by atoms with E-state index in [1.165, 1.54) is 33.4 Å². The van der Waals surface area contributed by atoms with Crippen LogP contribution in [0.1, 0.15) is 170 Å². The van der Waals surface area contributed by atoms with Gasteiger partial charge in [0, 0.05) is 11.2 Å². The third-order valence-corrected chi connectivity index (χ3v) is 8.33. The molecule has 2 heteroatoms. The van der Waals surface area contributed by atoms with Gasteiger partial charge in [0.1, 0.15) is 0 Å². The fraction of sp³-hybridized carbons (Fsp3) is 0.619. The zero-order chi connectivity index (χ0) is 35.2. The van der Waals surface area contributed by atoms with Crippen molar-refractivity contribution >= 4 is 5.69 Å². The average molecular weight is 609 g/mol. The van der Waals surface area contributed by atoms with Gasteiger partial charge in [-0.15, -0.1) is 0 Å². The van der Waals surface area contributed by atoms with E-state index >= 15 is 0 Å². The SMILES string of the molecule is CC.CC.CC.CC.CNC(C)(c1ccccc1)C(C)C1C=CC(C)=CC1.Cc1c(C(C)C)cc(C(C)C)c(N)c1C(C)C. The molecule has 3 atom stereocenters. The lowest BCUT2D eigenvalue weighted by Gasteiger charge is -2.40. The van der Waals surface area contributed by atoms with Crippen molar-refractivity contribution in [2.75, 3.05) is 12.8 Å². The van der Waals surface area contributed by atoms with Crippen molar-refractivity contribution in [3.8, 4) is 0 Å². The number of nitrogens with two attached hydrogens (primary N) is 1. The van der Waals surface area contributed by atoms with Gasteiger partial charge in [-0.2, -0.15) is 0 Å². The number of allylic oxidation sites excluding steroid dienone is 4. The molecule has 3 rings (SSSR count). The monoisotopic (exact) mass is 609 g/mol. The molecule has 2 nitrogen and oxygen atoms in total. The molecule has 0 saturated heterocycles. The van der Waals surface area contributed by atoms with Gasteiger partial charge in [-0.25, -0.2) is 0 Å². The van der Waals surface area contributed by atoms with E-state index in [0.29, 0.717) is 29.6 Å². The second-order valence-electron chi connectivity index (χ2n) is 11.8. The third-order valence-electron chi connectivity index (χ3n) is 8.33. The molecule has 0 amide bonds. The van der Waals surface area contributed by atoms with Crippen LogP contribution in [-0.4, -0.2) is 7.05 Å². The third kappa shape index (κ3) is 13.4. The van der Waals surface area contributed by atoms with E-state index < -0.39 is 0 Å². The summed E-state index contributed by atoms with van der Waals surface area (Å²) >= 11 is 0. The van der Waals surface area contributed by atoms with Crippen LogP contribution in [0, 0.1) is 18.8 Å². The largest absolute Gasteiger partial charge is 0.398 e. The van der Waals surface area contributed by atoms with Gasteiger partial charge in [-0.3, -0.25) is 0 Å². The summed E-state index contributed by atoms with van der Waals surface area (Å²) in [4.78, 5) is 0. The van der Waals surface area contributed by atoms with Crippen molar-refractivity contribution in [1.82, 2.24) is 5.32 Å². The van der Waals surface area contributed by atoms with Crippen LogP contribution in [0.3, 0.4) is 0 Å². The molecule has 44 heavy (non-hydrogen) atoms. The van der Waals surface area contributed by atoms with Gasteiger partial charge in [0.25, 0.3) is 0 Å². The lowest BCUT2D eigenvalue weighted by atomic mass is 9.71. The first-order chi connectivity index (χ1) is 20.8. The Balaban J connectivity index is -0.000000625. The van der Waals surface area contributed by atoms with Gasteiger partial charge in [-0.05, 0) is 91.6 Å². The number of nitrogens with one attached hydrogen (secondary N) is 1. The Morgan fingerprint density at radius 2 is 1.23 bits per heavy atom. The van der Waals surface area contributed by atoms with E-state index in [0.717, 1.165) is 12.1 Å². The van der Waals surface area contributed by atoms with E-state index in [9.17, 15) is 0 Å². The van der Waals surface area contributed by atoms with Crippen molar-refractivity contribution in [2.24, 2.45) is 11.8 Å². The van der Waals surface area contributed by atoms with Crippen molar-refractivity contribution in [2.45, 2.75) is 154 Å². The molecule has 3 N–H and O–H groups in total. The molecular formula is C42H76N2. The maximum Gasteiger partial charge on any atom is 0.0435 e. The highest BCUT2D eigenvalue weighted by Crippen LogP contribution is 2.38. The van der Waals surface area contributed by atoms with Gasteiger partial charge >= 0.3 is 0 Å². The Morgan fingerprint density at radius 1 is 0.750 bits per heavy atom. The van der Waals surface area contributed by atoms with Gasteiger partial charge < -0.3 is 11.1 Å². The van der Waals surface area contributed by atoms with Crippen LogP contribution in [0.4, 0.5) is 5.69 Å². The summed E-state index contributed by atoms with van der Waals surface area (Å²) in [6.07, 6.45) is 8.13. The molecule has 2 aromatic carbocycles. The molecule has 0 aliphatic heterocycles. The Kier molecular flexibility index (Phi) is 26.1. The fourth-order valence-electron chi connectivity index (χ4n) is 5.65. The molecule has 1 aliphatic carbocycles. The van der Waals surface area contributed by atoms with Gasteiger partial charge in [-0.1, -0.05) is 164 Å². The second kappa shape index (κ2) is 24.9. The van der Waals surface area contributed by atoms with Gasteiger partial charge in [0.15, 0.2) is 0 Å². The molecule has 254 valence electrons. The lowest BCUT2D eigenvalue weighted by molar-refractivity contribution is 0.212. The highest BCUT2D eigenvalue weighted by Gasteiger charge is 2.35. The summed E-state index contributed by atoms with van der Waals surface area (Å²) in [6, 6.07) is 13.1.